The number of imide groups is 1. The third-order valence-electron chi connectivity index (χ3n) is 5.96. The second-order valence-electron chi connectivity index (χ2n) is 6.88. The molecule has 0 radical (unpaired) electrons. The minimum absolute atomic E-state index is 0.0511. The van der Waals surface area contributed by atoms with Crippen molar-refractivity contribution in [1.82, 2.24) is 10.2 Å². The second-order valence-corrected chi connectivity index (χ2v) is 6.88. The molecule has 5 rings (SSSR count). The summed E-state index contributed by atoms with van der Waals surface area (Å²) in [5, 5.41) is 2.64. The van der Waals surface area contributed by atoms with E-state index < -0.39 is 0 Å². The Morgan fingerprint density at radius 3 is 2.25 bits per heavy atom. The Hall–Kier alpha value is -1.88. The van der Waals surface area contributed by atoms with Gasteiger partial charge in [0, 0.05) is 17.6 Å². The van der Waals surface area contributed by atoms with E-state index in [2.05, 4.69) is 22.3 Å². The predicted octanol–water partition coefficient (Wildman–Crippen LogP) is 4.77. The summed E-state index contributed by atoms with van der Waals surface area (Å²) >= 11 is 0. The molecule has 4 atom stereocenters. The smallest absolute Gasteiger partial charge is 0.297 e. The Kier molecular flexibility index (Phi) is 8.05. The van der Waals surface area contributed by atoms with Crippen molar-refractivity contribution in [2.24, 2.45) is 5.92 Å². The van der Waals surface area contributed by atoms with Gasteiger partial charge in [-0.25, -0.2) is 4.79 Å². The van der Waals surface area contributed by atoms with E-state index in [0.29, 0.717) is 5.92 Å². The van der Waals surface area contributed by atoms with Crippen LogP contribution in [-0.4, -0.2) is 42.0 Å². The average molecular weight is 388 g/mol. The highest BCUT2D eigenvalue weighted by molar-refractivity contribution is 6.06. The lowest BCUT2D eigenvalue weighted by Crippen LogP contribution is -2.61. The Labute approximate surface area is 170 Å². The van der Waals surface area contributed by atoms with Gasteiger partial charge < -0.3 is 0 Å². The fraction of sp³-hybridized carbons (Fsp3) is 0.652. The van der Waals surface area contributed by atoms with Gasteiger partial charge in [-0.15, -0.1) is 0 Å². The highest BCUT2D eigenvalue weighted by Crippen LogP contribution is 2.50. The van der Waals surface area contributed by atoms with E-state index in [0.717, 1.165) is 38.0 Å². The molecule has 3 fully saturated rings. The van der Waals surface area contributed by atoms with Gasteiger partial charge in [0.2, 0.25) is 5.91 Å². The van der Waals surface area contributed by atoms with Gasteiger partial charge in [0.15, 0.2) is 0 Å². The van der Waals surface area contributed by atoms with Crippen molar-refractivity contribution < 1.29 is 9.59 Å². The number of anilines is 1. The summed E-state index contributed by atoms with van der Waals surface area (Å²) in [4.78, 5) is 29.5. The largest absolute Gasteiger partial charge is 0.328 e. The van der Waals surface area contributed by atoms with Crippen LogP contribution in [0.4, 0.5) is 10.5 Å². The quantitative estimate of drug-likeness (QED) is 0.697. The van der Waals surface area contributed by atoms with Gasteiger partial charge in [-0.3, -0.25) is 19.9 Å². The summed E-state index contributed by atoms with van der Waals surface area (Å²) in [6.45, 7) is 14.1. The Balaban J connectivity index is 0.000000430. The molecule has 0 bridgehead atoms. The van der Waals surface area contributed by atoms with E-state index >= 15 is 0 Å². The third kappa shape index (κ3) is 3.57. The highest BCUT2D eigenvalue weighted by Gasteiger charge is 2.56. The number of carbonyl (C=O) groups is 2. The number of nitrogens with one attached hydrogen (secondary N) is 1. The lowest BCUT2D eigenvalue weighted by atomic mass is 9.75. The predicted molar refractivity (Wildman–Crippen MR) is 116 cm³/mol. The zero-order chi connectivity index (χ0) is 20.8. The minimum Gasteiger partial charge on any atom is -0.297 e. The van der Waals surface area contributed by atoms with Crippen molar-refractivity contribution in [3.63, 3.8) is 0 Å². The van der Waals surface area contributed by atoms with E-state index in [1.54, 1.807) is 0 Å². The van der Waals surface area contributed by atoms with E-state index in [-0.39, 0.29) is 29.9 Å². The second kappa shape index (κ2) is 10.1. The van der Waals surface area contributed by atoms with Crippen LogP contribution in [0.5, 0.6) is 0 Å². The van der Waals surface area contributed by atoms with Crippen LogP contribution in [0.25, 0.3) is 0 Å². The number of carbonyl (C=O) groups excluding carboxylic acids is 2. The zero-order valence-electron chi connectivity index (χ0n) is 18.4. The molecule has 1 aromatic rings. The van der Waals surface area contributed by atoms with Crippen molar-refractivity contribution in [1.29, 1.82) is 0 Å². The molecule has 1 aromatic carbocycles. The first-order chi connectivity index (χ1) is 13.8. The first-order valence-electron chi connectivity index (χ1n) is 11.2. The Bertz CT molecular complexity index is 676. The zero-order valence-corrected chi connectivity index (χ0v) is 18.4. The Morgan fingerprint density at radius 1 is 0.857 bits per heavy atom. The molecule has 156 valence electrons. The van der Waals surface area contributed by atoms with Gasteiger partial charge in [-0.1, -0.05) is 59.7 Å². The fourth-order valence-corrected chi connectivity index (χ4v) is 5.16. The standard InChI is InChI=1S/C17H19N3O2.3C2H6/c21-16-12-5-3-8-19-9-7-11-10-4-1-2-6-13(10)20(17(22)18-16)15(11)14(12)19;3*1-2/h1-2,4,6,11-12,14-15H,3,5,7-9H2,(H,18,21,22);3*1-2H3. The minimum atomic E-state index is -0.235. The van der Waals surface area contributed by atoms with Gasteiger partial charge in [0.1, 0.15) is 0 Å². The molecule has 0 aromatic heterocycles. The molecule has 28 heavy (non-hydrogen) atoms. The van der Waals surface area contributed by atoms with Crippen LogP contribution in [0, 0.1) is 5.92 Å². The molecular formula is C23H37N3O2. The topological polar surface area (TPSA) is 52.7 Å². The van der Waals surface area contributed by atoms with Gasteiger partial charge in [0.25, 0.3) is 0 Å². The molecule has 3 amide bonds. The van der Waals surface area contributed by atoms with Crippen LogP contribution in [0.2, 0.25) is 0 Å². The maximum absolute atomic E-state index is 12.7. The normalized spacial score (nSPS) is 29.3. The molecule has 1 N–H and O–H groups in total. The van der Waals surface area contributed by atoms with Crippen LogP contribution in [0.15, 0.2) is 24.3 Å². The first kappa shape index (κ1) is 22.4. The van der Waals surface area contributed by atoms with Crippen LogP contribution >= 0.6 is 0 Å². The number of amides is 3. The lowest BCUT2D eigenvalue weighted by Gasteiger charge is -2.49. The van der Waals surface area contributed by atoms with Crippen molar-refractivity contribution in [2.45, 2.75) is 78.8 Å². The average Bonchev–Trinajstić information content (AvgIpc) is 3.06. The molecule has 0 aliphatic carbocycles. The third-order valence-corrected chi connectivity index (χ3v) is 5.96. The summed E-state index contributed by atoms with van der Waals surface area (Å²) in [5.74, 6) is 0.242. The molecule has 3 saturated heterocycles. The van der Waals surface area contributed by atoms with Gasteiger partial charge in [0.05, 0.1) is 12.0 Å². The number of hydrogen-bond acceptors (Lipinski definition) is 3. The van der Waals surface area contributed by atoms with Crippen LogP contribution in [-0.2, 0) is 4.79 Å². The fourth-order valence-electron chi connectivity index (χ4n) is 5.16. The number of nitrogens with zero attached hydrogens (tertiary/aromatic N) is 2. The van der Waals surface area contributed by atoms with E-state index in [1.807, 2.05) is 58.6 Å². The molecule has 4 aliphatic heterocycles. The summed E-state index contributed by atoms with van der Waals surface area (Å²) in [6.07, 6.45) is 3.02. The number of hydrogen-bond donors (Lipinski definition) is 1. The first-order valence-corrected chi connectivity index (χ1v) is 11.2. The summed E-state index contributed by atoms with van der Waals surface area (Å²) < 4.78 is 0. The van der Waals surface area contributed by atoms with Crippen LogP contribution in [0.1, 0.15) is 72.3 Å². The SMILES string of the molecule is CC.CC.CC.O=C1NC(=O)N2c3ccccc3C3CCN4CCCC1C4C32. The molecule has 5 heteroatoms. The summed E-state index contributed by atoms with van der Waals surface area (Å²) in [5.41, 5.74) is 2.27. The maximum atomic E-state index is 12.7. The number of piperidine rings is 2. The van der Waals surface area contributed by atoms with Gasteiger partial charge in [-0.2, -0.15) is 0 Å². The molecule has 5 nitrogen and oxygen atoms in total. The number of urea groups is 1. The summed E-state index contributed by atoms with van der Waals surface area (Å²) in [7, 11) is 0. The van der Waals surface area contributed by atoms with Gasteiger partial charge in [-0.05, 0) is 44.0 Å². The monoisotopic (exact) mass is 387 g/mol. The van der Waals surface area contributed by atoms with Crippen molar-refractivity contribution in [2.75, 3.05) is 18.0 Å². The lowest BCUT2D eigenvalue weighted by molar-refractivity contribution is -0.128. The van der Waals surface area contributed by atoms with Crippen molar-refractivity contribution >= 4 is 17.6 Å². The number of rotatable bonds is 0. The van der Waals surface area contributed by atoms with Crippen LogP contribution < -0.4 is 10.2 Å². The molecule has 4 unspecified atom stereocenters. The molecule has 4 aliphatic rings. The van der Waals surface area contributed by atoms with Crippen LogP contribution in [0.3, 0.4) is 0 Å². The number of fused-ring (bicyclic) bond motifs is 3. The Morgan fingerprint density at radius 2 is 1.54 bits per heavy atom. The number of para-hydroxylation sites is 1. The van der Waals surface area contributed by atoms with E-state index in [4.69, 9.17) is 0 Å². The maximum Gasteiger partial charge on any atom is 0.328 e. The summed E-state index contributed by atoms with van der Waals surface area (Å²) in [6, 6.07) is 8.25. The van der Waals surface area contributed by atoms with E-state index in [1.165, 1.54) is 5.56 Å². The number of benzene rings is 1. The van der Waals surface area contributed by atoms with Gasteiger partial charge >= 0.3 is 6.03 Å². The molecule has 0 spiro atoms. The highest BCUT2D eigenvalue weighted by atomic mass is 16.2. The van der Waals surface area contributed by atoms with Crippen molar-refractivity contribution in [3.05, 3.63) is 29.8 Å². The molecule has 4 heterocycles. The van der Waals surface area contributed by atoms with E-state index in [9.17, 15) is 9.59 Å². The molecular weight excluding hydrogens is 350 g/mol. The van der Waals surface area contributed by atoms with Crippen molar-refractivity contribution in [3.8, 4) is 0 Å². The molecule has 0 saturated carbocycles.